The lowest BCUT2D eigenvalue weighted by molar-refractivity contribution is 0.0687. The van der Waals surface area contributed by atoms with Crippen molar-refractivity contribution >= 4 is 5.97 Å². The molecule has 1 aromatic heterocycles. The number of hydrogen-bond acceptors (Lipinski definition) is 4. The summed E-state index contributed by atoms with van der Waals surface area (Å²) in [6.07, 6.45) is 2.13. The van der Waals surface area contributed by atoms with Gasteiger partial charge in [0.05, 0.1) is 6.61 Å². The summed E-state index contributed by atoms with van der Waals surface area (Å²) in [5, 5.41) is 8.74. The van der Waals surface area contributed by atoms with E-state index in [1.54, 1.807) is 12.1 Å². The molecule has 0 bridgehead atoms. The topological polar surface area (TPSA) is 68.7 Å². The molecule has 1 rings (SSSR count). The lowest BCUT2D eigenvalue weighted by atomic mass is 10.3. The van der Waals surface area contributed by atoms with E-state index in [1.807, 2.05) is 0 Å². The summed E-state index contributed by atoms with van der Waals surface area (Å²) in [5.41, 5.74) is -0.0191. The number of hydrogen-bond donors (Lipinski definition) is 1. The van der Waals surface area contributed by atoms with Crippen LogP contribution in [0.2, 0.25) is 0 Å². The lowest BCUT2D eigenvalue weighted by Gasteiger charge is -2.06. The van der Waals surface area contributed by atoms with Gasteiger partial charge < -0.3 is 14.6 Å². The third-order valence-electron chi connectivity index (χ3n) is 2.06. The number of pyridine rings is 1. The van der Waals surface area contributed by atoms with Gasteiger partial charge in [-0.1, -0.05) is 19.4 Å². The van der Waals surface area contributed by atoms with E-state index in [2.05, 4.69) is 11.9 Å². The highest BCUT2D eigenvalue weighted by Crippen LogP contribution is 2.07. The molecule has 0 radical (unpaired) electrons. The van der Waals surface area contributed by atoms with Crippen LogP contribution in [0.3, 0.4) is 0 Å². The number of carboxylic acids is 1. The molecule has 0 unspecified atom stereocenters. The van der Waals surface area contributed by atoms with E-state index in [-0.39, 0.29) is 5.69 Å². The first-order valence-electron chi connectivity index (χ1n) is 5.65. The average molecular weight is 239 g/mol. The van der Waals surface area contributed by atoms with Crippen LogP contribution in [0.25, 0.3) is 0 Å². The van der Waals surface area contributed by atoms with Crippen molar-refractivity contribution in [3.05, 3.63) is 23.9 Å². The number of unbranched alkanes of at least 4 members (excludes halogenated alkanes) is 1. The van der Waals surface area contributed by atoms with Crippen LogP contribution in [-0.2, 0) is 4.74 Å². The molecule has 1 heterocycles. The van der Waals surface area contributed by atoms with Crippen molar-refractivity contribution in [3.8, 4) is 5.88 Å². The minimum atomic E-state index is -1.06. The van der Waals surface area contributed by atoms with Crippen molar-refractivity contribution in [1.82, 2.24) is 4.98 Å². The minimum absolute atomic E-state index is 0.0191. The fraction of sp³-hybridized carbons (Fsp3) is 0.500. The lowest BCUT2D eigenvalue weighted by Crippen LogP contribution is -2.09. The van der Waals surface area contributed by atoms with E-state index in [0.717, 1.165) is 19.4 Å². The van der Waals surface area contributed by atoms with Gasteiger partial charge in [0.2, 0.25) is 5.88 Å². The van der Waals surface area contributed by atoms with Gasteiger partial charge in [0, 0.05) is 12.7 Å². The number of rotatable bonds is 8. The van der Waals surface area contributed by atoms with Crippen LogP contribution in [-0.4, -0.2) is 35.9 Å². The molecule has 1 N–H and O–H groups in total. The zero-order valence-electron chi connectivity index (χ0n) is 9.89. The molecular weight excluding hydrogens is 222 g/mol. The van der Waals surface area contributed by atoms with Gasteiger partial charge in [-0.15, -0.1) is 0 Å². The van der Waals surface area contributed by atoms with Gasteiger partial charge in [-0.3, -0.25) is 0 Å². The Hall–Kier alpha value is -1.62. The Bertz CT molecular complexity index is 354. The van der Waals surface area contributed by atoms with E-state index >= 15 is 0 Å². The van der Waals surface area contributed by atoms with Gasteiger partial charge in [0.1, 0.15) is 6.61 Å². The van der Waals surface area contributed by atoms with Gasteiger partial charge in [0.25, 0.3) is 0 Å². The molecule has 0 aliphatic heterocycles. The van der Waals surface area contributed by atoms with Crippen LogP contribution < -0.4 is 4.74 Å². The zero-order valence-corrected chi connectivity index (χ0v) is 9.89. The van der Waals surface area contributed by atoms with Gasteiger partial charge in [-0.2, -0.15) is 0 Å². The third kappa shape index (κ3) is 5.31. The molecule has 5 nitrogen and oxygen atoms in total. The van der Waals surface area contributed by atoms with Crippen molar-refractivity contribution in [2.75, 3.05) is 19.8 Å². The second-order valence-corrected chi connectivity index (χ2v) is 3.48. The number of carbonyl (C=O) groups is 1. The molecule has 0 aromatic carbocycles. The fourth-order valence-corrected chi connectivity index (χ4v) is 1.17. The number of ether oxygens (including phenoxy) is 2. The van der Waals surface area contributed by atoms with E-state index in [0.29, 0.717) is 19.1 Å². The van der Waals surface area contributed by atoms with Gasteiger partial charge in [0.15, 0.2) is 5.69 Å². The Labute approximate surface area is 100 Å². The Morgan fingerprint density at radius 3 is 2.88 bits per heavy atom. The molecule has 0 aliphatic carbocycles. The molecule has 94 valence electrons. The quantitative estimate of drug-likeness (QED) is 0.702. The van der Waals surface area contributed by atoms with E-state index in [9.17, 15) is 4.79 Å². The smallest absolute Gasteiger partial charge is 0.354 e. The minimum Gasteiger partial charge on any atom is -0.477 e. The Morgan fingerprint density at radius 2 is 2.18 bits per heavy atom. The zero-order chi connectivity index (χ0) is 12.5. The van der Waals surface area contributed by atoms with Crippen LogP contribution in [0.15, 0.2) is 18.2 Å². The number of aromatic nitrogens is 1. The molecule has 0 atom stereocenters. The molecule has 0 aliphatic rings. The van der Waals surface area contributed by atoms with Crippen LogP contribution in [0.1, 0.15) is 30.3 Å². The third-order valence-corrected chi connectivity index (χ3v) is 2.06. The van der Waals surface area contributed by atoms with Crippen LogP contribution in [0.5, 0.6) is 5.88 Å². The summed E-state index contributed by atoms with van der Waals surface area (Å²) >= 11 is 0. The molecule has 1 aromatic rings. The van der Waals surface area contributed by atoms with Crippen LogP contribution in [0, 0.1) is 0 Å². The molecule has 0 spiro atoms. The Morgan fingerprint density at radius 1 is 1.35 bits per heavy atom. The maximum Gasteiger partial charge on any atom is 0.354 e. The second kappa shape index (κ2) is 7.62. The first kappa shape index (κ1) is 13.4. The number of carboxylic acid groups (broad SMARTS) is 1. The van der Waals surface area contributed by atoms with E-state index in [4.69, 9.17) is 14.6 Å². The summed E-state index contributed by atoms with van der Waals surface area (Å²) in [4.78, 5) is 14.5. The highest BCUT2D eigenvalue weighted by Gasteiger charge is 2.05. The first-order valence-corrected chi connectivity index (χ1v) is 5.65. The Balaban J connectivity index is 2.27. The number of nitrogens with zero attached hydrogens (tertiary/aromatic N) is 1. The van der Waals surface area contributed by atoms with Crippen molar-refractivity contribution < 1.29 is 19.4 Å². The molecule has 0 saturated heterocycles. The van der Waals surface area contributed by atoms with Crippen LogP contribution in [0.4, 0.5) is 0 Å². The van der Waals surface area contributed by atoms with Crippen LogP contribution >= 0.6 is 0 Å². The monoisotopic (exact) mass is 239 g/mol. The SMILES string of the molecule is CCCCOCCOc1cccc(C(=O)O)n1. The molecular formula is C12H17NO4. The highest BCUT2D eigenvalue weighted by molar-refractivity contribution is 5.85. The van der Waals surface area contributed by atoms with Gasteiger partial charge in [-0.05, 0) is 12.5 Å². The number of aromatic carboxylic acids is 1. The molecule has 0 saturated carbocycles. The highest BCUT2D eigenvalue weighted by atomic mass is 16.5. The first-order chi connectivity index (χ1) is 8.24. The van der Waals surface area contributed by atoms with Crippen molar-refractivity contribution in [2.45, 2.75) is 19.8 Å². The summed E-state index contributed by atoms with van der Waals surface area (Å²) in [5.74, 6) is -0.751. The normalized spacial score (nSPS) is 10.2. The maximum atomic E-state index is 10.7. The van der Waals surface area contributed by atoms with Gasteiger partial charge >= 0.3 is 5.97 Å². The largest absolute Gasteiger partial charge is 0.477 e. The van der Waals surface area contributed by atoms with E-state index < -0.39 is 5.97 Å². The summed E-state index contributed by atoms with van der Waals surface area (Å²) in [6, 6.07) is 4.65. The van der Waals surface area contributed by atoms with E-state index in [1.165, 1.54) is 6.07 Å². The summed E-state index contributed by atoms with van der Waals surface area (Å²) < 4.78 is 10.6. The molecule has 17 heavy (non-hydrogen) atoms. The molecule has 0 amide bonds. The maximum absolute atomic E-state index is 10.7. The molecule has 5 heteroatoms. The van der Waals surface area contributed by atoms with Crippen molar-refractivity contribution in [3.63, 3.8) is 0 Å². The predicted molar refractivity (Wildman–Crippen MR) is 62.4 cm³/mol. The second-order valence-electron chi connectivity index (χ2n) is 3.48. The van der Waals surface area contributed by atoms with Crippen molar-refractivity contribution in [2.24, 2.45) is 0 Å². The summed E-state index contributed by atoms with van der Waals surface area (Å²) in [6.45, 7) is 3.68. The summed E-state index contributed by atoms with van der Waals surface area (Å²) in [7, 11) is 0. The van der Waals surface area contributed by atoms with Gasteiger partial charge in [-0.25, -0.2) is 9.78 Å². The fourth-order valence-electron chi connectivity index (χ4n) is 1.17. The van der Waals surface area contributed by atoms with Crippen molar-refractivity contribution in [1.29, 1.82) is 0 Å². The predicted octanol–water partition coefficient (Wildman–Crippen LogP) is 1.98. The Kier molecular flexibility index (Phi) is 6.03. The standard InChI is InChI=1S/C12H17NO4/c1-2-3-7-16-8-9-17-11-6-4-5-10(13-11)12(14)15/h4-6H,2-3,7-9H2,1H3,(H,14,15). The average Bonchev–Trinajstić information content (AvgIpc) is 2.34. The molecule has 0 fully saturated rings.